The minimum Gasteiger partial charge on any atom is -0.389 e. The maximum absolute atomic E-state index is 8.61. The summed E-state index contributed by atoms with van der Waals surface area (Å²) < 4.78 is 4.56. The SMILES string of the molecule is CC.COCC(O)CN. The molecule has 3 N–H and O–H groups in total. The van der Waals surface area contributed by atoms with Gasteiger partial charge in [0.15, 0.2) is 0 Å². The molecule has 9 heavy (non-hydrogen) atoms. The van der Waals surface area contributed by atoms with Crippen molar-refractivity contribution in [2.45, 2.75) is 20.0 Å². The number of ether oxygens (including phenoxy) is 1. The average molecular weight is 135 g/mol. The second-order valence-electron chi connectivity index (χ2n) is 1.34. The summed E-state index contributed by atoms with van der Waals surface area (Å²) in [7, 11) is 1.53. The molecule has 58 valence electrons. The van der Waals surface area contributed by atoms with Crippen molar-refractivity contribution in [3.05, 3.63) is 0 Å². The van der Waals surface area contributed by atoms with E-state index < -0.39 is 6.10 Å². The van der Waals surface area contributed by atoms with Crippen molar-refractivity contribution in [2.75, 3.05) is 20.3 Å². The lowest BCUT2D eigenvalue weighted by Gasteiger charge is -2.02. The van der Waals surface area contributed by atoms with Gasteiger partial charge in [-0.1, -0.05) is 13.8 Å². The quantitative estimate of drug-likeness (QED) is 0.571. The van der Waals surface area contributed by atoms with Crippen molar-refractivity contribution in [3.8, 4) is 0 Å². The van der Waals surface area contributed by atoms with Crippen molar-refractivity contribution in [2.24, 2.45) is 5.73 Å². The van der Waals surface area contributed by atoms with E-state index in [0.29, 0.717) is 6.61 Å². The van der Waals surface area contributed by atoms with Crippen LogP contribution in [0.1, 0.15) is 13.8 Å². The molecule has 3 nitrogen and oxygen atoms in total. The lowest BCUT2D eigenvalue weighted by atomic mass is 10.4. The van der Waals surface area contributed by atoms with Gasteiger partial charge in [0.1, 0.15) is 0 Å². The number of methoxy groups -OCH3 is 1. The molecule has 0 spiro atoms. The third kappa shape index (κ3) is 11.4. The summed E-state index contributed by atoms with van der Waals surface area (Å²) in [6.07, 6.45) is -0.495. The van der Waals surface area contributed by atoms with Crippen LogP contribution in [0.3, 0.4) is 0 Å². The monoisotopic (exact) mass is 135 g/mol. The summed E-state index contributed by atoms with van der Waals surface area (Å²) in [6.45, 7) is 4.60. The Morgan fingerprint density at radius 3 is 2.11 bits per heavy atom. The molecule has 0 saturated heterocycles. The van der Waals surface area contributed by atoms with Crippen LogP contribution in [0.15, 0.2) is 0 Å². The van der Waals surface area contributed by atoms with Gasteiger partial charge in [-0.05, 0) is 0 Å². The van der Waals surface area contributed by atoms with E-state index in [1.165, 1.54) is 7.11 Å². The number of aliphatic hydroxyl groups is 1. The normalized spacial score (nSPS) is 11.7. The van der Waals surface area contributed by atoms with Gasteiger partial charge in [0.25, 0.3) is 0 Å². The number of rotatable bonds is 3. The average Bonchev–Trinajstić information content (AvgIpc) is 1.93. The Kier molecular flexibility index (Phi) is 14.0. The van der Waals surface area contributed by atoms with Gasteiger partial charge in [0, 0.05) is 13.7 Å². The molecule has 0 aromatic carbocycles. The maximum atomic E-state index is 8.61. The van der Waals surface area contributed by atoms with E-state index in [0.717, 1.165) is 0 Å². The first-order chi connectivity index (χ1) is 4.31. The predicted molar refractivity (Wildman–Crippen MR) is 38.3 cm³/mol. The van der Waals surface area contributed by atoms with E-state index in [9.17, 15) is 0 Å². The smallest absolute Gasteiger partial charge is 0.0895 e. The van der Waals surface area contributed by atoms with Crippen LogP contribution in [0.4, 0.5) is 0 Å². The molecule has 0 aliphatic rings. The lowest BCUT2D eigenvalue weighted by molar-refractivity contribution is 0.0702. The zero-order valence-electron chi connectivity index (χ0n) is 6.42. The van der Waals surface area contributed by atoms with Crippen LogP contribution in [0.5, 0.6) is 0 Å². The first-order valence-corrected chi connectivity index (χ1v) is 3.18. The van der Waals surface area contributed by atoms with Crippen molar-refractivity contribution in [1.82, 2.24) is 0 Å². The maximum Gasteiger partial charge on any atom is 0.0895 e. The van der Waals surface area contributed by atoms with Gasteiger partial charge in [-0.2, -0.15) is 0 Å². The minimum atomic E-state index is -0.495. The van der Waals surface area contributed by atoms with E-state index >= 15 is 0 Å². The van der Waals surface area contributed by atoms with Gasteiger partial charge in [-0.15, -0.1) is 0 Å². The van der Waals surface area contributed by atoms with Crippen molar-refractivity contribution in [3.63, 3.8) is 0 Å². The van der Waals surface area contributed by atoms with Gasteiger partial charge in [-0.3, -0.25) is 0 Å². The van der Waals surface area contributed by atoms with E-state index in [-0.39, 0.29) is 6.54 Å². The Balaban J connectivity index is 0. The number of aliphatic hydroxyl groups excluding tert-OH is 1. The van der Waals surface area contributed by atoms with Crippen LogP contribution in [-0.4, -0.2) is 31.5 Å². The molecule has 0 fully saturated rings. The van der Waals surface area contributed by atoms with Crippen LogP contribution in [-0.2, 0) is 4.74 Å². The zero-order valence-corrected chi connectivity index (χ0v) is 6.42. The summed E-state index contributed by atoms with van der Waals surface area (Å²) in [4.78, 5) is 0. The highest BCUT2D eigenvalue weighted by atomic mass is 16.5. The highest BCUT2D eigenvalue weighted by molar-refractivity contribution is 4.50. The molecule has 0 radical (unpaired) electrons. The van der Waals surface area contributed by atoms with Crippen LogP contribution >= 0.6 is 0 Å². The summed E-state index contributed by atoms with van der Waals surface area (Å²) in [5, 5.41) is 8.61. The molecule has 0 aromatic heterocycles. The Morgan fingerprint density at radius 2 is 2.00 bits per heavy atom. The highest BCUT2D eigenvalue weighted by Crippen LogP contribution is 1.75. The van der Waals surface area contributed by atoms with E-state index in [1.54, 1.807) is 0 Å². The molecule has 0 bridgehead atoms. The Bertz CT molecular complexity index is 42.0. The molecular weight excluding hydrogens is 118 g/mol. The van der Waals surface area contributed by atoms with Gasteiger partial charge in [0.05, 0.1) is 12.7 Å². The van der Waals surface area contributed by atoms with Crippen molar-refractivity contribution < 1.29 is 9.84 Å². The lowest BCUT2D eigenvalue weighted by Crippen LogP contribution is -2.24. The molecule has 0 heterocycles. The second kappa shape index (κ2) is 10.8. The number of hydrogen-bond donors (Lipinski definition) is 2. The predicted octanol–water partition coefficient (Wildman–Crippen LogP) is -0.0214. The third-order valence-electron chi connectivity index (χ3n) is 0.631. The zero-order chi connectivity index (χ0) is 7.70. The number of hydrogen-bond acceptors (Lipinski definition) is 3. The molecule has 0 aliphatic heterocycles. The summed E-state index contributed by atoms with van der Waals surface area (Å²) in [5.74, 6) is 0. The van der Waals surface area contributed by atoms with Gasteiger partial charge < -0.3 is 15.6 Å². The highest BCUT2D eigenvalue weighted by Gasteiger charge is 1.95. The molecule has 0 aromatic rings. The van der Waals surface area contributed by atoms with Gasteiger partial charge >= 0.3 is 0 Å². The summed E-state index contributed by atoms with van der Waals surface area (Å²) >= 11 is 0. The molecule has 0 rings (SSSR count). The molecule has 0 saturated carbocycles. The van der Waals surface area contributed by atoms with Crippen LogP contribution in [0.25, 0.3) is 0 Å². The molecule has 3 heteroatoms. The van der Waals surface area contributed by atoms with Crippen LogP contribution < -0.4 is 5.73 Å². The molecule has 0 amide bonds. The standard InChI is InChI=1S/C4H11NO2.C2H6/c1-7-3-4(6)2-5;1-2/h4,6H,2-3,5H2,1H3;1-2H3. The molecule has 0 aliphatic carbocycles. The Morgan fingerprint density at radius 1 is 1.56 bits per heavy atom. The van der Waals surface area contributed by atoms with Crippen LogP contribution in [0.2, 0.25) is 0 Å². The minimum absolute atomic E-state index is 0.272. The molecular formula is C6H17NO2. The van der Waals surface area contributed by atoms with Crippen LogP contribution in [0, 0.1) is 0 Å². The topological polar surface area (TPSA) is 55.5 Å². The van der Waals surface area contributed by atoms with Crippen molar-refractivity contribution in [1.29, 1.82) is 0 Å². The second-order valence-corrected chi connectivity index (χ2v) is 1.34. The van der Waals surface area contributed by atoms with Gasteiger partial charge in [0.2, 0.25) is 0 Å². The molecule has 1 atom stereocenters. The number of nitrogens with two attached hydrogens (primary N) is 1. The summed E-state index contributed by atoms with van der Waals surface area (Å²) in [6, 6.07) is 0. The van der Waals surface area contributed by atoms with E-state index in [1.807, 2.05) is 13.8 Å². The first kappa shape index (κ1) is 11.6. The van der Waals surface area contributed by atoms with Crippen molar-refractivity contribution >= 4 is 0 Å². The largest absolute Gasteiger partial charge is 0.389 e. The van der Waals surface area contributed by atoms with Gasteiger partial charge in [-0.25, -0.2) is 0 Å². The van der Waals surface area contributed by atoms with E-state index in [4.69, 9.17) is 10.8 Å². The third-order valence-corrected chi connectivity index (χ3v) is 0.631. The fourth-order valence-electron chi connectivity index (χ4n) is 0.260. The Labute approximate surface area is 56.8 Å². The van der Waals surface area contributed by atoms with E-state index in [2.05, 4.69) is 4.74 Å². The first-order valence-electron chi connectivity index (χ1n) is 3.18. The molecule has 1 unspecified atom stereocenters. The fourth-order valence-corrected chi connectivity index (χ4v) is 0.260. The summed E-state index contributed by atoms with van der Waals surface area (Å²) in [5.41, 5.74) is 5.03. The Hall–Kier alpha value is -0.120. The fraction of sp³-hybridized carbons (Fsp3) is 1.00.